The zero-order valence-corrected chi connectivity index (χ0v) is 12.6. The van der Waals surface area contributed by atoms with E-state index in [2.05, 4.69) is 4.98 Å². The molecule has 0 amide bonds. The van der Waals surface area contributed by atoms with Gasteiger partial charge in [-0.05, 0) is 30.2 Å². The van der Waals surface area contributed by atoms with Gasteiger partial charge in [0.1, 0.15) is 4.90 Å². The third-order valence-corrected chi connectivity index (χ3v) is 6.15. The standard InChI is InChI=1S/C16H14N2O3S/c19-15-7-6-11-10-18(14-5-1-4-13(15)16(11)14)22(20,21)12-3-2-8-17-9-12/h1-5,8-9,11H,6-7,10H2. The van der Waals surface area contributed by atoms with E-state index in [1.165, 1.54) is 10.5 Å². The largest absolute Gasteiger partial charge is 0.294 e. The highest BCUT2D eigenvalue weighted by molar-refractivity contribution is 7.92. The lowest BCUT2D eigenvalue weighted by Crippen LogP contribution is -2.30. The fourth-order valence-electron chi connectivity index (χ4n) is 3.36. The van der Waals surface area contributed by atoms with Crippen molar-refractivity contribution in [3.05, 3.63) is 53.9 Å². The van der Waals surface area contributed by atoms with Gasteiger partial charge < -0.3 is 0 Å². The lowest BCUT2D eigenvalue weighted by Gasteiger charge is -2.19. The number of ketones is 1. The number of carbonyl (C=O) groups is 1. The van der Waals surface area contributed by atoms with Crippen LogP contribution in [0.4, 0.5) is 5.69 Å². The van der Waals surface area contributed by atoms with E-state index in [-0.39, 0.29) is 16.6 Å². The molecule has 2 heterocycles. The maximum Gasteiger partial charge on any atom is 0.265 e. The molecule has 0 spiro atoms. The molecule has 1 aromatic heterocycles. The minimum Gasteiger partial charge on any atom is -0.294 e. The molecule has 2 aliphatic rings. The van der Waals surface area contributed by atoms with Gasteiger partial charge in [-0.3, -0.25) is 14.1 Å². The van der Waals surface area contributed by atoms with Crippen LogP contribution in [-0.2, 0) is 10.0 Å². The number of Topliss-reactive ketones (excluding diaryl/α,β-unsaturated/α-hetero) is 1. The average molecular weight is 314 g/mol. The molecule has 22 heavy (non-hydrogen) atoms. The van der Waals surface area contributed by atoms with E-state index in [1.54, 1.807) is 36.5 Å². The maximum atomic E-state index is 12.9. The summed E-state index contributed by atoms with van der Waals surface area (Å²) in [4.78, 5) is 16.1. The molecule has 0 saturated heterocycles. The van der Waals surface area contributed by atoms with Crippen LogP contribution in [0.5, 0.6) is 0 Å². The Kier molecular flexibility index (Phi) is 2.84. The van der Waals surface area contributed by atoms with Gasteiger partial charge in [0.25, 0.3) is 10.0 Å². The lowest BCUT2D eigenvalue weighted by atomic mass is 9.83. The second kappa shape index (κ2) is 4.64. The molecule has 0 N–H and O–H groups in total. The number of rotatable bonds is 2. The molecule has 5 nitrogen and oxygen atoms in total. The van der Waals surface area contributed by atoms with E-state index in [0.717, 1.165) is 5.56 Å². The number of carbonyl (C=O) groups excluding carboxylic acids is 1. The molecule has 0 radical (unpaired) electrons. The normalized spacial score (nSPS) is 20.1. The van der Waals surface area contributed by atoms with Crippen molar-refractivity contribution in [2.24, 2.45) is 0 Å². The Hall–Kier alpha value is -2.21. The summed E-state index contributed by atoms with van der Waals surface area (Å²) in [5.41, 5.74) is 2.21. The highest BCUT2D eigenvalue weighted by Gasteiger charge is 2.40. The predicted octanol–water partition coefficient (Wildman–Crippen LogP) is 2.35. The Balaban J connectivity index is 1.87. The van der Waals surface area contributed by atoms with Crippen molar-refractivity contribution in [2.45, 2.75) is 23.7 Å². The quantitative estimate of drug-likeness (QED) is 0.853. The number of aromatic nitrogens is 1. The van der Waals surface area contributed by atoms with Crippen molar-refractivity contribution < 1.29 is 13.2 Å². The van der Waals surface area contributed by atoms with Crippen molar-refractivity contribution in [3.8, 4) is 0 Å². The number of benzene rings is 1. The van der Waals surface area contributed by atoms with Crippen LogP contribution in [-0.4, -0.2) is 25.7 Å². The molecule has 0 bridgehead atoms. The van der Waals surface area contributed by atoms with Gasteiger partial charge in [0.2, 0.25) is 0 Å². The first-order chi connectivity index (χ1) is 10.6. The van der Waals surface area contributed by atoms with Crippen molar-refractivity contribution in [3.63, 3.8) is 0 Å². The van der Waals surface area contributed by atoms with Crippen molar-refractivity contribution in [1.29, 1.82) is 0 Å². The maximum absolute atomic E-state index is 12.9. The first-order valence-electron chi connectivity index (χ1n) is 7.18. The fraction of sp³-hybridized carbons (Fsp3) is 0.250. The van der Waals surface area contributed by atoms with Crippen molar-refractivity contribution in [2.75, 3.05) is 10.8 Å². The summed E-state index contributed by atoms with van der Waals surface area (Å²) in [6, 6.07) is 8.49. The van der Waals surface area contributed by atoms with Crippen LogP contribution in [0.3, 0.4) is 0 Å². The van der Waals surface area contributed by atoms with Gasteiger partial charge in [-0.15, -0.1) is 0 Å². The van der Waals surface area contributed by atoms with Gasteiger partial charge in [0, 0.05) is 36.8 Å². The van der Waals surface area contributed by atoms with Crippen LogP contribution in [0.25, 0.3) is 0 Å². The van der Waals surface area contributed by atoms with E-state index in [4.69, 9.17) is 0 Å². The van der Waals surface area contributed by atoms with Crippen LogP contribution in [0.15, 0.2) is 47.6 Å². The molecular weight excluding hydrogens is 300 g/mol. The minimum atomic E-state index is -3.64. The zero-order chi connectivity index (χ0) is 15.3. The molecule has 1 aliphatic heterocycles. The molecule has 6 heteroatoms. The van der Waals surface area contributed by atoms with E-state index in [1.807, 2.05) is 0 Å². The van der Waals surface area contributed by atoms with Gasteiger partial charge in [0.05, 0.1) is 5.69 Å². The summed E-state index contributed by atoms with van der Waals surface area (Å²) in [6.07, 6.45) is 4.10. The third kappa shape index (κ3) is 1.80. The predicted molar refractivity (Wildman–Crippen MR) is 81.5 cm³/mol. The summed E-state index contributed by atoms with van der Waals surface area (Å²) in [5.74, 6) is 0.212. The Bertz CT molecular complexity index is 862. The molecule has 1 unspecified atom stereocenters. The van der Waals surface area contributed by atoms with Crippen molar-refractivity contribution in [1.82, 2.24) is 4.98 Å². The van der Waals surface area contributed by atoms with Gasteiger partial charge in [-0.25, -0.2) is 8.42 Å². The number of pyridine rings is 1. The van der Waals surface area contributed by atoms with E-state index in [0.29, 0.717) is 30.6 Å². The van der Waals surface area contributed by atoms with E-state index < -0.39 is 10.0 Å². The summed E-state index contributed by atoms with van der Waals surface area (Å²) < 4.78 is 27.2. The van der Waals surface area contributed by atoms with E-state index >= 15 is 0 Å². The highest BCUT2D eigenvalue weighted by Crippen LogP contribution is 2.46. The second-order valence-electron chi connectivity index (χ2n) is 5.62. The summed E-state index contributed by atoms with van der Waals surface area (Å²) in [7, 11) is -3.64. The molecule has 1 atom stereocenters. The molecule has 0 fully saturated rings. The van der Waals surface area contributed by atoms with E-state index in [9.17, 15) is 13.2 Å². The first-order valence-corrected chi connectivity index (χ1v) is 8.62. The molecule has 0 saturated carbocycles. The number of sulfonamides is 1. The van der Waals surface area contributed by atoms with Crippen molar-refractivity contribution >= 4 is 21.5 Å². The van der Waals surface area contributed by atoms with Gasteiger partial charge >= 0.3 is 0 Å². The Labute approximate surface area is 128 Å². The summed E-state index contributed by atoms with van der Waals surface area (Å²) >= 11 is 0. The number of hydrogen-bond acceptors (Lipinski definition) is 4. The summed E-state index contributed by atoms with van der Waals surface area (Å²) in [6.45, 7) is 0.400. The topological polar surface area (TPSA) is 67.3 Å². The third-order valence-electron chi connectivity index (χ3n) is 4.39. The Morgan fingerprint density at radius 2 is 2.05 bits per heavy atom. The molecule has 112 valence electrons. The highest BCUT2D eigenvalue weighted by atomic mass is 32.2. The molecule has 2 aromatic rings. The van der Waals surface area contributed by atoms with Crippen LogP contribution < -0.4 is 4.31 Å². The van der Waals surface area contributed by atoms with Gasteiger partial charge in [-0.2, -0.15) is 0 Å². The summed E-state index contributed by atoms with van der Waals surface area (Å²) in [5, 5.41) is 0. The van der Waals surface area contributed by atoms with Gasteiger partial charge in [-0.1, -0.05) is 12.1 Å². The SMILES string of the molecule is O=C1CCC2CN(S(=O)(=O)c3cccnc3)c3cccc1c32. The molecule has 1 aromatic carbocycles. The number of hydrogen-bond donors (Lipinski definition) is 0. The Morgan fingerprint density at radius 1 is 1.18 bits per heavy atom. The van der Waals surface area contributed by atoms with Crippen LogP contribution >= 0.6 is 0 Å². The first kappa shape index (κ1) is 13.5. The number of nitrogens with zero attached hydrogens (tertiary/aromatic N) is 2. The molecule has 4 rings (SSSR count). The second-order valence-corrected chi connectivity index (χ2v) is 7.48. The van der Waals surface area contributed by atoms with Crippen LogP contribution in [0, 0.1) is 0 Å². The van der Waals surface area contributed by atoms with Crippen LogP contribution in [0.1, 0.15) is 34.7 Å². The molecular formula is C16H14N2O3S. The zero-order valence-electron chi connectivity index (χ0n) is 11.8. The Morgan fingerprint density at radius 3 is 2.82 bits per heavy atom. The monoisotopic (exact) mass is 314 g/mol. The van der Waals surface area contributed by atoms with Crippen LogP contribution in [0.2, 0.25) is 0 Å². The minimum absolute atomic E-state index is 0.105. The lowest BCUT2D eigenvalue weighted by molar-refractivity contribution is 0.0968. The van der Waals surface area contributed by atoms with Gasteiger partial charge in [0.15, 0.2) is 5.78 Å². The average Bonchev–Trinajstić information content (AvgIpc) is 2.93. The number of anilines is 1. The molecule has 1 aliphatic carbocycles. The smallest absolute Gasteiger partial charge is 0.265 e. The fourth-order valence-corrected chi connectivity index (χ4v) is 4.86.